The fourth-order valence-electron chi connectivity index (χ4n) is 3.69. The molecule has 0 radical (unpaired) electrons. The van der Waals surface area contributed by atoms with Gasteiger partial charge in [-0.25, -0.2) is 0 Å². The first-order valence-corrected chi connectivity index (χ1v) is 10.5. The van der Waals surface area contributed by atoms with Crippen molar-refractivity contribution >= 4 is 45.0 Å². The highest BCUT2D eigenvalue weighted by Crippen LogP contribution is 2.39. The Morgan fingerprint density at radius 3 is 2.50 bits per heavy atom. The van der Waals surface area contributed by atoms with E-state index in [9.17, 15) is 9.59 Å². The second-order valence-corrected chi connectivity index (χ2v) is 8.38. The minimum atomic E-state index is -0.206. The van der Waals surface area contributed by atoms with Gasteiger partial charge in [0, 0.05) is 38.2 Å². The summed E-state index contributed by atoms with van der Waals surface area (Å²) >= 11 is 1.74. The van der Waals surface area contributed by atoms with E-state index in [0.717, 1.165) is 16.8 Å². The van der Waals surface area contributed by atoms with Gasteiger partial charge in [0.05, 0.1) is 6.54 Å². The van der Waals surface area contributed by atoms with Gasteiger partial charge in [0.2, 0.25) is 0 Å². The molecule has 0 bridgehead atoms. The van der Waals surface area contributed by atoms with Crippen LogP contribution in [0.1, 0.15) is 38.8 Å². The zero-order chi connectivity index (χ0) is 20.7. The molecule has 0 saturated carbocycles. The molecular formula is C25H18N2O2S. The summed E-state index contributed by atoms with van der Waals surface area (Å²) in [6.07, 6.45) is 1.86. The van der Waals surface area contributed by atoms with Crippen molar-refractivity contribution in [1.29, 1.82) is 0 Å². The highest BCUT2D eigenvalue weighted by atomic mass is 32.1. The monoisotopic (exact) mass is 410 g/mol. The highest BCUT2D eigenvalue weighted by Gasteiger charge is 2.18. The van der Waals surface area contributed by atoms with Crippen molar-refractivity contribution in [3.05, 3.63) is 89.0 Å². The number of benzene rings is 3. The number of ketones is 1. The number of hydrogen-bond donors (Lipinski definition) is 1. The summed E-state index contributed by atoms with van der Waals surface area (Å²) in [6, 6.07) is 21.2. The van der Waals surface area contributed by atoms with Crippen LogP contribution in [0.3, 0.4) is 0 Å². The highest BCUT2D eigenvalue weighted by molar-refractivity contribution is 7.22. The van der Waals surface area contributed by atoms with E-state index in [2.05, 4.69) is 28.5 Å². The lowest BCUT2D eigenvalue weighted by atomic mass is 10.00. The van der Waals surface area contributed by atoms with E-state index in [-0.39, 0.29) is 11.7 Å². The Morgan fingerprint density at radius 2 is 1.73 bits per heavy atom. The van der Waals surface area contributed by atoms with E-state index >= 15 is 0 Å². The van der Waals surface area contributed by atoms with Crippen molar-refractivity contribution in [2.45, 2.75) is 13.5 Å². The summed E-state index contributed by atoms with van der Waals surface area (Å²) in [5.74, 6) is -0.227. The van der Waals surface area contributed by atoms with Crippen molar-refractivity contribution in [2.24, 2.45) is 4.99 Å². The van der Waals surface area contributed by atoms with E-state index < -0.39 is 0 Å². The molecule has 30 heavy (non-hydrogen) atoms. The molecule has 0 fully saturated rings. The smallest absolute Gasteiger partial charge is 0.255 e. The number of thiophene rings is 1. The Bertz CT molecular complexity index is 1300. The summed E-state index contributed by atoms with van der Waals surface area (Å²) in [5, 5.41) is 4.21. The van der Waals surface area contributed by atoms with Crippen LogP contribution in [0, 0.1) is 0 Å². The van der Waals surface area contributed by atoms with Crippen LogP contribution in [0.4, 0.5) is 5.69 Å². The van der Waals surface area contributed by atoms with E-state index in [4.69, 9.17) is 0 Å². The average molecular weight is 410 g/mol. The van der Waals surface area contributed by atoms with Crippen LogP contribution in [0.5, 0.6) is 0 Å². The average Bonchev–Trinajstić information content (AvgIpc) is 3.40. The molecule has 5 heteroatoms. The molecular weight excluding hydrogens is 392 g/mol. The van der Waals surface area contributed by atoms with Crippen molar-refractivity contribution in [2.75, 3.05) is 5.32 Å². The molecule has 0 spiro atoms. The summed E-state index contributed by atoms with van der Waals surface area (Å²) in [7, 11) is 0. The second-order valence-electron chi connectivity index (χ2n) is 7.30. The fourth-order valence-corrected chi connectivity index (χ4v) is 4.79. The van der Waals surface area contributed by atoms with Crippen LogP contribution in [0.15, 0.2) is 71.7 Å². The molecule has 0 saturated heterocycles. The second kappa shape index (κ2) is 7.35. The summed E-state index contributed by atoms with van der Waals surface area (Å²) in [4.78, 5) is 29.8. The molecule has 1 aliphatic heterocycles. The zero-order valence-corrected chi connectivity index (χ0v) is 17.1. The Balaban J connectivity index is 1.50. The van der Waals surface area contributed by atoms with Crippen molar-refractivity contribution in [3.8, 4) is 10.4 Å². The van der Waals surface area contributed by atoms with E-state index in [0.29, 0.717) is 17.7 Å². The number of nitrogens with one attached hydrogen (secondary N) is 1. The Kier molecular flexibility index (Phi) is 4.52. The number of carbonyl (C=O) groups excluding carboxylic acids is 2. The predicted molar refractivity (Wildman–Crippen MR) is 123 cm³/mol. The van der Waals surface area contributed by atoms with E-state index in [1.165, 1.54) is 27.5 Å². The molecule has 2 heterocycles. The quantitative estimate of drug-likeness (QED) is 0.422. The Hall–Kier alpha value is -3.57. The number of carbonyl (C=O) groups is 2. The molecule has 1 amide bonds. The van der Waals surface area contributed by atoms with Crippen LogP contribution in [0.25, 0.3) is 20.5 Å². The lowest BCUT2D eigenvalue weighted by Crippen LogP contribution is -2.12. The van der Waals surface area contributed by atoms with Crippen molar-refractivity contribution < 1.29 is 9.59 Å². The topological polar surface area (TPSA) is 58.5 Å². The number of amides is 1. The van der Waals surface area contributed by atoms with Crippen LogP contribution >= 0.6 is 11.3 Å². The maximum absolute atomic E-state index is 12.8. The van der Waals surface area contributed by atoms with Gasteiger partial charge in [-0.1, -0.05) is 30.3 Å². The van der Waals surface area contributed by atoms with Crippen molar-refractivity contribution in [3.63, 3.8) is 0 Å². The van der Waals surface area contributed by atoms with Crippen LogP contribution < -0.4 is 5.32 Å². The molecule has 0 atom stereocenters. The third-order valence-corrected chi connectivity index (χ3v) is 6.42. The summed E-state index contributed by atoms with van der Waals surface area (Å²) in [5.41, 5.74) is 5.16. The number of hydrogen-bond acceptors (Lipinski definition) is 4. The maximum atomic E-state index is 12.8. The molecule has 1 aromatic heterocycles. The predicted octanol–water partition coefficient (Wildman–Crippen LogP) is 5.96. The molecule has 1 aliphatic rings. The van der Waals surface area contributed by atoms with Crippen LogP contribution in [-0.2, 0) is 6.54 Å². The lowest BCUT2D eigenvalue weighted by Gasteiger charge is -2.11. The largest absolute Gasteiger partial charge is 0.322 e. The SMILES string of the molecule is CC(=O)c1ccc(C(=O)Nc2cc3c(c(-c4cc5ccccc5s4)c2)CN=C3)cc1. The number of rotatable bonds is 4. The van der Waals surface area contributed by atoms with Gasteiger partial charge in [0.1, 0.15) is 0 Å². The molecule has 4 nitrogen and oxygen atoms in total. The van der Waals surface area contributed by atoms with Gasteiger partial charge >= 0.3 is 0 Å². The zero-order valence-electron chi connectivity index (χ0n) is 16.3. The van der Waals surface area contributed by atoms with Crippen LogP contribution in [0.2, 0.25) is 0 Å². The number of aliphatic imine (C=N–C) groups is 1. The lowest BCUT2D eigenvalue weighted by molar-refractivity contribution is 0.101. The molecule has 0 unspecified atom stereocenters. The normalized spacial score (nSPS) is 12.2. The fraction of sp³-hybridized carbons (Fsp3) is 0.0800. The first-order chi connectivity index (χ1) is 14.6. The van der Waals surface area contributed by atoms with Crippen LogP contribution in [-0.4, -0.2) is 17.9 Å². The van der Waals surface area contributed by atoms with Gasteiger partial charge < -0.3 is 5.32 Å². The number of nitrogens with zero attached hydrogens (tertiary/aromatic N) is 1. The molecule has 0 aliphatic carbocycles. The van der Waals surface area contributed by atoms with Gasteiger partial charge in [0.15, 0.2) is 5.78 Å². The van der Waals surface area contributed by atoms with Gasteiger partial charge in [-0.05, 0) is 59.8 Å². The number of fused-ring (bicyclic) bond motifs is 2. The minimum Gasteiger partial charge on any atom is -0.322 e. The molecule has 3 aromatic carbocycles. The first kappa shape index (κ1) is 18.5. The first-order valence-electron chi connectivity index (χ1n) is 9.66. The van der Waals surface area contributed by atoms with Gasteiger partial charge in [-0.2, -0.15) is 0 Å². The van der Waals surface area contributed by atoms with E-state index in [1.54, 1.807) is 35.6 Å². The summed E-state index contributed by atoms with van der Waals surface area (Å²) in [6.45, 7) is 2.16. The molecule has 5 rings (SSSR count). The third kappa shape index (κ3) is 3.33. The third-order valence-electron chi connectivity index (χ3n) is 5.27. The minimum absolute atomic E-state index is 0.0205. The number of anilines is 1. The Morgan fingerprint density at radius 1 is 0.967 bits per heavy atom. The standard InChI is InChI=1S/C25H18N2O2S/c1-15(28)16-6-8-17(9-7-16)25(29)27-20-10-19-13-26-14-22(19)21(12-20)24-11-18-4-2-3-5-23(18)30-24/h2-13H,14H2,1H3,(H,27,29). The molecule has 4 aromatic rings. The number of Topliss-reactive ketones (excluding diaryl/α,β-unsaturated/α-hetero) is 1. The van der Waals surface area contributed by atoms with E-state index in [1.807, 2.05) is 30.5 Å². The maximum Gasteiger partial charge on any atom is 0.255 e. The molecule has 146 valence electrons. The summed E-state index contributed by atoms with van der Waals surface area (Å²) < 4.78 is 1.24. The van der Waals surface area contributed by atoms with Gasteiger partial charge in [-0.15, -0.1) is 11.3 Å². The Labute approximate surface area is 177 Å². The van der Waals surface area contributed by atoms with Gasteiger partial charge in [0.25, 0.3) is 5.91 Å². The van der Waals surface area contributed by atoms with Gasteiger partial charge in [-0.3, -0.25) is 14.6 Å². The molecule has 1 N–H and O–H groups in total. The van der Waals surface area contributed by atoms with Crippen molar-refractivity contribution in [1.82, 2.24) is 0 Å².